The standard InChI is InChI=1S/C17H19N3/c1-13(2)20-10-8-15(19-20)11-17(12-18)9-7-14-5-3-4-6-16(14)17/h3-6,8,10,13H,7,9,11H2,1-2H3. The van der Waals surface area contributed by atoms with Crippen molar-refractivity contribution in [2.24, 2.45) is 0 Å². The van der Waals surface area contributed by atoms with Crippen molar-refractivity contribution >= 4 is 0 Å². The zero-order chi connectivity index (χ0) is 14.2. The first-order valence-corrected chi connectivity index (χ1v) is 7.18. The monoisotopic (exact) mass is 265 g/mol. The molecular weight excluding hydrogens is 246 g/mol. The van der Waals surface area contributed by atoms with E-state index in [4.69, 9.17) is 0 Å². The second kappa shape index (κ2) is 4.79. The predicted molar refractivity (Wildman–Crippen MR) is 78.4 cm³/mol. The molecule has 3 heteroatoms. The summed E-state index contributed by atoms with van der Waals surface area (Å²) < 4.78 is 1.96. The summed E-state index contributed by atoms with van der Waals surface area (Å²) in [4.78, 5) is 0. The number of hydrogen-bond acceptors (Lipinski definition) is 2. The molecule has 1 aliphatic carbocycles. The van der Waals surface area contributed by atoms with Gasteiger partial charge < -0.3 is 0 Å². The number of aromatic nitrogens is 2. The van der Waals surface area contributed by atoms with Crippen LogP contribution in [0.1, 0.15) is 43.1 Å². The molecule has 0 radical (unpaired) electrons. The molecule has 2 aromatic rings. The van der Waals surface area contributed by atoms with Crippen molar-refractivity contribution in [2.75, 3.05) is 0 Å². The van der Waals surface area contributed by atoms with Crippen molar-refractivity contribution < 1.29 is 0 Å². The summed E-state index contributed by atoms with van der Waals surface area (Å²) in [7, 11) is 0. The number of nitrogens with zero attached hydrogens (tertiary/aromatic N) is 3. The maximum atomic E-state index is 9.76. The van der Waals surface area contributed by atoms with E-state index in [1.807, 2.05) is 23.0 Å². The fourth-order valence-corrected chi connectivity index (χ4v) is 3.10. The highest BCUT2D eigenvalue weighted by Crippen LogP contribution is 2.40. The largest absolute Gasteiger partial charge is 0.270 e. The highest BCUT2D eigenvalue weighted by Gasteiger charge is 2.39. The molecule has 1 aromatic carbocycles. The van der Waals surface area contributed by atoms with E-state index >= 15 is 0 Å². The molecule has 0 aliphatic heterocycles. The van der Waals surface area contributed by atoms with Crippen molar-refractivity contribution in [2.45, 2.75) is 44.6 Å². The first-order valence-electron chi connectivity index (χ1n) is 7.18. The van der Waals surface area contributed by atoms with Gasteiger partial charge in [0, 0.05) is 18.7 Å². The molecular formula is C17H19N3. The van der Waals surface area contributed by atoms with E-state index in [1.165, 1.54) is 11.1 Å². The van der Waals surface area contributed by atoms with Crippen LogP contribution in [0.15, 0.2) is 36.5 Å². The lowest BCUT2D eigenvalue weighted by molar-refractivity contribution is 0.499. The van der Waals surface area contributed by atoms with Gasteiger partial charge in [0.25, 0.3) is 0 Å². The molecule has 0 saturated carbocycles. The second-order valence-electron chi connectivity index (χ2n) is 5.91. The summed E-state index contributed by atoms with van der Waals surface area (Å²) in [6, 6.07) is 13.3. The highest BCUT2D eigenvalue weighted by atomic mass is 15.3. The molecule has 1 aromatic heterocycles. The average Bonchev–Trinajstić information content (AvgIpc) is 3.06. The summed E-state index contributed by atoms with van der Waals surface area (Å²) in [6.45, 7) is 4.23. The van der Waals surface area contributed by atoms with Gasteiger partial charge >= 0.3 is 0 Å². The summed E-state index contributed by atoms with van der Waals surface area (Å²) >= 11 is 0. The molecule has 1 heterocycles. The van der Waals surface area contributed by atoms with E-state index in [9.17, 15) is 5.26 Å². The zero-order valence-electron chi connectivity index (χ0n) is 12.0. The molecule has 0 N–H and O–H groups in total. The van der Waals surface area contributed by atoms with Crippen LogP contribution in [0.4, 0.5) is 0 Å². The van der Waals surface area contributed by atoms with Crippen molar-refractivity contribution in [3.05, 3.63) is 53.3 Å². The highest BCUT2D eigenvalue weighted by molar-refractivity contribution is 5.45. The maximum Gasteiger partial charge on any atom is 0.0884 e. The molecule has 102 valence electrons. The fourth-order valence-electron chi connectivity index (χ4n) is 3.10. The Morgan fingerprint density at radius 3 is 2.85 bits per heavy atom. The molecule has 0 spiro atoms. The van der Waals surface area contributed by atoms with Gasteiger partial charge in [-0.1, -0.05) is 24.3 Å². The summed E-state index contributed by atoms with van der Waals surface area (Å²) in [5.41, 5.74) is 3.13. The van der Waals surface area contributed by atoms with Gasteiger partial charge in [-0.15, -0.1) is 0 Å². The Labute approximate surface area is 119 Å². The van der Waals surface area contributed by atoms with Crippen LogP contribution in [0.3, 0.4) is 0 Å². The van der Waals surface area contributed by atoms with Crippen molar-refractivity contribution in [1.29, 1.82) is 5.26 Å². The first-order chi connectivity index (χ1) is 9.64. The topological polar surface area (TPSA) is 41.6 Å². The lowest BCUT2D eigenvalue weighted by Crippen LogP contribution is -2.24. The second-order valence-corrected chi connectivity index (χ2v) is 5.91. The van der Waals surface area contributed by atoms with Gasteiger partial charge in [0.2, 0.25) is 0 Å². The Morgan fingerprint density at radius 1 is 1.35 bits per heavy atom. The molecule has 3 rings (SSSR count). The van der Waals surface area contributed by atoms with Gasteiger partial charge in [-0.2, -0.15) is 10.4 Å². The number of aryl methyl sites for hydroxylation is 1. The number of fused-ring (bicyclic) bond motifs is 1. The minimum atomic E-state index is -0.396. The maximum absolute atomic E-state index is 9.76. The van der Waals surface area contributed by atoms with E-state index in [0.717, 1.165) is 18.5 Å². The van der Waals surface area contributed by atoms with Crippen LogP contribution in [-0.4, -0.2) is 9.78 Å². The lowest BCUT2D eigenvalue weighted by Gasteiger charge is -2.21. The Bertz CT molecular complexity index is 663. The first kappa shape index (κ1) is 12.9. The lowest BCUT2D eigenvalue weighted by atomic mass is 9.79. The molecule has 20 heavy (non-hydrogen) atoms. The third-order valence-electron chi connectivity index (χ3n) is 4.24. The number of hydrogen-bond donors (Lipinski definition) is 0. The quantitative estimate of drug-likeness (QED) is 0.853. The third-order valence-corrected chi connectivity index (χ3v) is 4.24. The molecule has 1 atom stereocenters. The Morgan fingerprint density at radius 2 is 2.15 bits per heavy atom. The van der Waals surface area contributed by atoms with Gasteiger partial charge in [0.1, 0.15) is 0 Å². The Balaban J connectivity index is 1.94. The summed E-state index contributed by atoms with van der Waals surface area (Å²) in [5, 5.41) is 14.4. The van der Waals surface area contributed by atoms with E-state index in [2.05, 4.69) is 43.2 Å². The van der Waals surface area contributed by atoms with E-state index in [-0.39, 0.29) is 0 Å². The van der Waals surface area contributed by atoms with Crippen LogP contribution < -0.4 is 0 Å². The van der Waals surface area contributed by atoms with Crippen LogP contribution in [0.2, 0.25) is 0 Å². The SMILES string of the molecule is CC(C)n1ccc(CC2(C#N)CCc3ccccc32)n1. The predicted octanol–water partition coefficient (Wildman–Crippen LogP) is 3.41. The number of benzene rings is 1. The number of nitriles is 1. The number of rotatable bonds is 3. The van der Waals surface area contributed by atoms with Gasteiger partial charge in [0.05, 0.1) is 17.2 Å². The zero-order valence-corrected chi connectivity index (χ0v) is 12.0. The Hall–Kier alpha value is -2.08. The van der Waals surface area contributed by atoms with Crippen LogP contribution >= 0.6 is 0 Å². The minimum absolute atomic E-state index is 0.359. The average molecular weight is 265 g/mol. The normalized spacial score (nSPS) is 20.9. The molecule has 1 aliphatic rings. The fraction of sp³-hybridized carbons (Fsp3) is 0.412. The van der Waals surface area contributed by atoms with E-state index in [0.29, 0.717) is 12.5 Å². The molecule has 0 amide bonds. The minimum Gasteiger partial charge on any atom is -0.270 e. The van der Waals surface area contributed by atoms with Crippen LogP contribution in [0.5, 0.6) is 0 Å². The Kier molecular flexibility index (Phi) is 3.10. The molecule has 0 bridgehead atoms. The van der Waals surface area contributed by atoms with Gasteiger partial charge in [0.15, 0.2) is 0 Å². The molecule has 0 fully saturated rings. The summed E-state index contributed by atoms with van der Waals surface area (Å²) in [5.74, 6) is 0. The van der Waals surface area contributed by atoms with Crippen molar-refractivity contribution in [3.8, 4) is 6.07 Å². The molecule has 0 saturated heterocycles. The summed E-state index contributed by atoms with van der Waals surface area (Å²) in [6.07, 6.45) is 4.61. The van der Waals surface area contributed by atoms with E-state index in [1.54, 1.807) is 0 Å². The van der Waals surface area contributed by atoms with Crippen molar-refractivity contribution in [3.63, 3.8) is 0 Å². The molecule has 1 unspecified atom stereocenters. The van der Waals surface area contributed by atoms with Crippen LogP contribution in [-0.2, 0) is 18.3 Å². The van der Waals surface area contributed by atoms with E-state index < -0.39 is 5.41 Å². The smallest absolute Gasteiger partial charge is 0.0884 e. The van der Waals surface area contributed by atoms with Gasteiger partial charge in [-0.05, 0) is 43.9 Å². The molecule has 3 nitrogen and oxygen atoms in total. The van der Waals surface area contributed by atoms with Gasteiger partial charge in [-0.25, -0.2) is 0 Å². The van der Waals surface area contributed by atoms with Crippen molar-refractivity contribution in [1.82, 2.24) is 9.78 Å². The third kappa shape index (κ3) is 2.02. The van der Waals surface area contributed by atoms with Gasteiger partial charge in [-0.3, -0.25) is 4.68 Å². The van der Waals surface area contributed by atoms with Crippen LogP contribution in [0.25, 0.3) is 0 Å². The van der Waals surface area contributed by atoms with Crippen LogP contribution in [0, 0.1) is 11.3 Å².